The van der Waals surface area contributed by atoms with Gasteiger partial charge in [0.2, 0.25) is 0 Å². The van der Waals surface area contributed by atoms with E-state index in [-0.39, 0.29) is 5.91 Å². The van der Waals surface area contributed by atoms with Crippen molar-refractivity contribution in [3.8, 4) is 0 Å². The van der Waals surface area contributed by atoms with Crippen LogP contribution in [0.1, 0.15) is 16.1 Å². The Balaban J connectivity index is 1.97. The molecule has 0 fully saturated rings. The monoisotopic (exact) mass is 320 g/mol. The van der Waals surface area contributed by atoms with Crippen LogP contribution in [0, 0.1) is 0 Å². The number of halogens is 1. The second-order valence-corrected chi connectivity index (χ2v) is 4.78. The highest BCUT2D eigenvalue weighted by atomic mass is 79.9. The van der Waals surface area contributed by atoms with Gasteiger partial charge in [-0.05, 0) is 29.8 Å². The first-order valence-corrected chi connectivity index (χ1v) is 6.52. The highest BCUT2D eigenvalue weighted by molar-refractivity contribution is 9.10. The fourth-order valence-electron chi connectivity index (χ4n) is 1.51. The van der Waals surface area contributed by atoms with E-state index < -0.39 is 0 Å². The molecule has 0 bridgehead atoms. The Morgan fingerprint density at radius 3 is 2.74 bits per heavy atom. The number of carbonyl (C=O) groups excluding carboxylic acids is 1. The van der Waals surface area contributed by atoms with Crippen LogP contribution < -0.4 is 10.6 Å². The normalized spacial score (nSPS) is 10.0. The molecule has 5 nitrogen and oxygen atoms in total. The van der Waals surface area contributed by atoms with Crippen molar-refractivity contribution in [3.63, 3.8) is 0 Å². The molecule has 1 amide bonds. The maximum absolute atomic E-state index is 11.9. The summed E-state index contributed by atoms with van der Waals surface area (Å²) in [5.41, 5.74) is 1.32. The molecule has 0 spiro atoms. The summed E-state index contributed by atoms with van der Waals surface area (Å²) >= 11 is 3.39. The second-order valence-electron chi connectivity index (χ2n) is 3.87. The third-order valence-corrected chi connectivity index (χ3v) is 2.99. The van der Waals surface area contributed by atoms with E-state index in [9.17, 15) is 4.79 Å². The molecule has 19 heavy (non-hydrogen) atoms. The van der Waals surface area contributed by atoms with Gasteiger partial charge >= 0.3 is 0 Å². The molecule has 0 aliphatic carbocycles. The van der Waals surface area contributed by atoms with Crippen molar-refractivity contribution in [2.24, 2.45) is 0 Å². The summed E-state index contributed by atoms with van der Waals surface area (Å²) in [5.74, 6) is 0.388. The van der Waals surface area contributed by atoms with Crippen LogP contribution in [0.25, 0.3) is 0 Å². The van der Waals surface area contributed by atoms with Gasteiger partial charge in [0.1, 0.15) is 5.82 Å². The fourth-order valence-corrected chi connectivity index (χ4v) is 1.95. The van der Waals surface area contributed by atoms with Crippen LogP contribution >= 0.6 is 15.9 Å². The van der Waals surface area contributed by atoms with Crippen molar-refractivity contribution in [3.05, 3.63) is 52.1 Å². The SMILES string of the molecule is CNc1ccc(C(=O)NCc2cccc(Br)c2)nn1. The molecule has 0 radical (unpaired) electrons. The van der Waals surface area contributed by atoms with Gasteiger partial charge in [-0.3, -0.25) is 4.79 Å². The van der Waals surface area contributed by atoms with E-state index in [1.807, 2.05) is 24.3 Å². The molecule has 0 saturated carbocycles. The topological polar surface area (TPSA) is 66.9 Å². The number of anilines is 1. The summed E-state index contributed by atoms with van der Waals surface area (Å²) < 4.78 is 0.984. The van der Waals surface area contributed by atoms with E-state index in [0.29, 0.717) is 18.1 Å². The summed E-state index contributed by atoms with van der Waals surface area (Å²) in [4.78, 5) is 11.9. The largest absolute Gasteiger partial charge is 0.372 e. The molecular formula is C13H13BrN4O. The average Bonchev–Trinajstić information content (AvgIpc) is 2.45. The lowest BCUT2D eigenvalue weighted by Gasteiger charge is -2.05. The van der Waals surface area contributed by atoms with Crippen molar-refractivity contribution in [1.82, 2.24) is 15.5 Å². The highest BCUT2D eigenvalue weighted by Gasteiger charge is 2.07. The fraction of sp³-hybridized carbons (Fsp3) is 0.154. The zero-order valence-corrected chi connectivity index (χ0v) is 11.9. The number of hydrogen-bond donors (Lipinski definition) is 2. The first-order chi connectivity index (χ1) is 9.19. The van der Waals surface area contributed by atoms with Crippen molar-refractivity contribution in [2.75, 3.05) is 12.4 Å². The van der Waals surface area contributed by atoms with Crippen molar-refractivity contribution >= 4 is 27.7 Å². The molecule has 2 rings (SSSR count). The summed E-state index contributed by atoms with van der Waals surface area (Å²) in [6.45, 7) is 0.452. The molecule has 0 unspecified atom stereocenters. The van der Waals surface area contributed by atoms with Crippen LogP contribution in [0.5, 0.6) is 0 Å². The summed E-state index contributed by atoms with van der Waals surface area (Å²) in [6.07, 6.45) is 0. The molecule has 0 aliphatic rings. The number of aromatic nitrogens is 2. The van der Waals surface area contributed by atoms with E-state index in [2.05, 4.69) is 36.8 Å². The Labute approximate surface area is 119 Å². The lowest BCUT2D eigenvalue weighted by molar-refractivity contribution is 0.0945. The van der Waals surface area contributed by atoms with Gasteiger partial charge in [0, 0.05) is 18.1 Å². The average molecular weight is 321 g/mol. The van der Waals surface area contributed by atoms with Crippen LogP contribution in [-0.4, -0.2) is 23.2 Å². The van der Waals surface area contributed by atoms with Crippen LogP contribution in [0.4, 0.5) is 5.82 Å². The predicted octanol–water partition coefficient (Wildman–Crippen LogP) is 2.21. The van der Waals surface area contributed by atoms with Gasteiger partial charge in [-0.15, -0.1) is 10.2 Å². The number of carbonyl (C=O) groups is 1. The van der Waals surface area contributed by atoms with Gasteiger partial charge in [0.05, 0.1) is 0 Å². The third-order valence-electron chi connectivity index (χ3n) is 2.50. The third kappa shape index (κ3) is 3.75. The minimum Gasteiger partial charge on any atom is -0.372 e. The maximum atomic E-state index is 11.9. The Hall–Kier alpha value is -1.95. The van der Waals surface area contributed by atoms with Crippen molar-refractivity contribution < 1.29 is 4.79 Å². The van der Waals surface area contributed by atoms with Gasteiger partial charge in [-0.25, -0.2) is 0 Å². The van der Waals surface area contributed by atoms with Crippen molar-refractivity contribution in [1.29, 1.82) is 0 Å². The summed E-state index contributed by atoms with van der Waals surface area (Å²) in [7, 11) is 1.75. The Kier molecular flexibility index (Phi) is 4.46. The molecule has 0 atom stereocenters. The summed E-state index contributed by atoms with van der Waals surface area (Å²) in [6, 6.07) is 11.1. The second kappa shape index (κ2) is 6.29. The van der Waals surface area contributed by atoms with E-state index in [4.69, 9.17) is 0 Å². The van der Waals surface area contributed by atoms with E-state index >= 15 is 0 Å². The van der Waals surface area contributed by atoms with Gasteiger partial charge in [-0.2, -0.15) is 0 Å². The lowest BCUT2D eigenvalue weighted by atomic mass is 10.2. The van der Waals surface area contributed by atoms with Crippen LogP contribution in [0.2, 0.25) is 0 Å². The molecule has 0 saturated heterocycles. The maximum Gasteiger partial charge on any atom is 0.272 e. The molecule has 1 aromatic heterocycles. The van der Waals surface area contributed by atoms with Gasteiger partial charge in [-0.1, -0.05) is 28.1 Å². The molecule has 6 heteroatoms. The highest BCUT2D eigenvalue weighted by Crippen LogP contribution is 2.11. The number of benzene rings is 1. The molecule has 1 aromatic carbocycles. The number of nitrogens with zero attached hydrogens (tertiary/aromatic N) is 2. The zero-order chi connectivity index (χ0) is 13.7. The first kappa shape index (κ1) is 13.5. The number of hydrogen-bond acceptors (Lipinski definition) is 4. The predicted molar refractivity (Wildman–Crippen MR) is 76.9 cm³/mol. The molecule has 0 aliphatic heterocycles. The molecule has 98 valence electrons. The standard InChI is InChI=1S/C13H13BrN4O/c1-15-12-6-5-11(17-18-12)13(19)16-8-9-3-2-4-10(14)7-9/h2-7H,8H2,1H3,(H,15,18)(H,16,19). The summed E-state index contributed by atoms with van der Waals surface area (Å²) in [5, 5.41) is 13.3. The smallest absolute Gasteiger partial charge is 0.272 e. The quantitative estimate of drug-likeness (QED) is 0.906. The Morgan fingerprint density at radius 1 is 1.26 bits per heavy atom. The first-order valence-electron chi connectivity index (χ1n) is 5.73. The Bertz CT molecular complexity index is 571. The van der Waals surface area contributed by atoms with E-state index in [1.54, 1.807) is 19.2 Å². The van der Waals surface area contributed by atoms with E-state index in [0.717, 1.165) is 10.0 Å². The van der Waals surface area contributed by atoms with Gasteiger partial charge < -0.3 is 10.6 Å². The van der Waals surface area contributed by atoms with Crippen LogP contribution in [0.15, 0.2) is 40.9 Å². The lowest BCUT2D eigenvalue weighted by Crippen LogP contribution is -2.24. The van der Waals surface area contributed by atoms with Crippen molar-refractivity contribution in [2.45, 2.75) is 6.54 Å². The van der Waals surface area contributed by atoms with Gasteiger partial charge in [0.15, 0.2) is 5.69 Å². The van der Waals surface area contributed by atoms with Crippen LogP contribution in [0.3, 0.4) is 0 Å². The minimum atomic E-state index is -0.241. The molecule has 2 aromatic rings. The van der Waals surface area contributed by atoms with E-state index in [1.165, 1.54) is 0 Å². The molecular weight excluding hydrogens is 308 g/mol. The molecule has 1 heterocycles. The number of amides is 1. The number of nitrogens with one attached hydrogen (secondary N) is 2. The zero-order valence-electron chi connectivity index (χ0n) is 10.4. The number of rotatable bonds is 4. The Morgan fingerprint density at radius 2 is 2.11 bits per heavy atom. The van der Waals surface area contributed by atoms with Crippen LogP contribution in [-0.2, 0) is 6.54 Å². The minimum absolute atomic E-state index is 0.241. The van der Waals surface area contributed by atoms with Gasteiger partial charge in [0.25, 0.3) is 5.91 Å². The molecule has 2 N–H and O–H groups in total.